The van der Waals surface area contributed by atoms with E-state index in [2.05, 4.69) is 5.10 Å². The maximum absolute atomic E-state index is 13.1. The van der Waals surface area contributed by atoms with Crippen LogP contribution in [0.3, 0.4) is 0 Å². The number of ether oxygens (including phenoxy) is 1. The van der Waals surface area contributed by atoms with E-state index < -0.39 is 5.97 Å². The van der Waals surface area contributed by atoms with E-state index in [9.17, 15) is 9.59 Å². The molecule has 1 aromatic carbocycles. The van der Waals surface area contributed by atoms with Gasteiger partial charge in [0, 0.05) is 23.7 Å². The molecule has 1 fully saturated rings. The number of aromatic nitrogens is 3. The number of fused-ring (bicyclic) bond motifs is 1. The first-order chi connectivity index (χ1) is 15.4. The van der Waals surface area contributed by atoms with Gasteiger partial charge >= 0.3 is 5.97 Å². The molecule has 2 unspecified atom stereocenters. The predicted molar refractivity (Wildman–Crippen MR) is 123 cm³/mol. The molecule has 1 aliphatic heterocycles. The number of likely N-dealkylation sites (tertiary alicyclic amines) is 1. The molecule has 168 valence electrons. The molecule has 0 aliphatic carbocycles. The van der Waals surface area contributed by atoms with Gasteiger partial charge in [0.2, 0.25) is 0 Å². The highest BCUT2D eigenvalue weighted by molar-refractivity contribution is 6.04. The smallest absolute Gasteiger partial charge is 0.339 e. The standard InChI is InChI=1S/C25H30N4O3/c1-16(2)29-24-21(14-26-29)20(13-22(27-24)19-11-6-5-7-12-19)25(31)32-15-23(30)28-17(3)9-8-10-18(28)4/h5-7,11-14,16-18H,8-10,15H2,1-4H3. The first-order valence-corrected chi connectivity index (χ1v) is 11.3. The van der Waals surface area contributed by atoms with E-state index in [0.29, 0.717) is 22.3 Å². The lowest BCUT2D eigenvalue weighted by Crippen LogP contribution is -2.49. The molecule has 0 spiro atoms. The van der Waals surface area contributed by atoms with Crippen LogP contribution in [0.5, 0.6) is 0 Å². The number of piperidine rings is 1. The second kappa shape index (κ2) is 9.10. The minimum absolute atomic E-state index is 0.0820. The number of carbonyl (C=O) groups is 2. The first kappa shape index (κ1) is 22.0. The lowest BCUT2D eigenvalue weighted by Gasteiger charge is -2.38. The molecular formula is C25H30N4O3. The fourth-order valence-corrected chi connectivity index (χ4v) is 4.51. The summed E-state index contributed by atoms with van der Waals surface area (Å²) in [5, 5.41) is 5.05. The third kappa shape index (κ3) is 4.24. The lowest BCUT2D eigenvalue weighted by molar-refractivity contribution is -0.140. The third-order valence-corrected chi connectivity index (χ3v) is 6.15. The molecule has 0 bridgehead atoms. The van der Waals surface area contributed by atoms with Gasteiger partial charge < -0.3 is 9.64 Å². The van der Waals surface area contributed by atoms with E-state index in [1.54, 1.807) is 16.9 Å². The monoisotopic (exact) mass is 434 g/mol. The Hall–Kier alpha value is -3.22. The molecule has 32 heavy (non-hydrogen) atoms. The van der Waals surface area contributed by atoms with E-state index in [0.717, 1.165) is 24.8 Å². The molecule has 0 N–H and O–H groups in total. The van der Waals surface area contributed by atoms with Crippen LogP contribution in [0.1, 0.15) is 63.4 Å². The molecule has 1 amide bonds. The summed E-state index contributed by atoms with van der Waals surface area (Å²) in [6.07, 6.45) is 4.71. The van der Waals surface area contributed by atoms with Gasteiger partial charge in [-0.1, -0.05) is 30.3 Å². The number of hydrogen-bond acceptors (Lipinski definition) is 5. The van der Waals surface area contributed by atoms with Crippen LogP contribution in [0.2, 0.25) is 0 Å². The Morgan fingerprint density at radius 1 is 1.12 bits per heavy atom. The van der Waals surface area contributed by atoms with Crippen LogP contribution in [0, 0.1) is 0 Å². The van der Waals surface area contributed by atoms with Gasteiger partial charge in [0.1, 0.15) is 0 Å². The van der Waals surface area contributed by atoms with Crippen molar-refractivity contribution in [3.63, 3.8) is 0 Å². The van der Waals surface area contributed by atoms with Gasteiger partial charge in [0.05, 0.1) is 22.8 Å². The summed E-state index contributed by atoms with van der Waals surface area (Å²) in [7, 11) is 0. The van der Waals surface area contributed by atoms with Crippen molar-refractivity contribution in [2.45, 2.75) is 65.1 Å². The Morgan fingerprint density at radius 3 is 2.47 bits per heavy atom. The fraction of sp³-hybridized carbons (Fsp3) is 0.440. The number of benzene rings is 1. The summed E-state index contributed by atoms with van der Waals surface area (Å²) in [5.41, 5.74) is 2.55. The molecule has 0 saturated carbocycles. The molecule has 4 rings (SSSR count). The van der Waals surface area contributed by atoms with Crippen LogP contribution in [0.25, 0.3) is 22.3 Å². The van der Waals surface area contributed by atoms with Gasteiger partial charge in [-0.25, -0.2) is 14.5 Å². The fourth-order valence-electron chi connectivity index (χ4n) is 4.51. The molecule has 7 nitrogen and oxygen atoms in total. The number of carbonyl (C=O) groups excluding carboxylic acids is 2. The molecule has 7 heteroatoms. The molecule has 2 aromatic heterocycles. The Morgan fingerprint density at radius 2 is 1.81 bits per heavy atom. The summed E-state index contributed by atoms with van der Waals surface area (Å²) in [6.45, 7) is 7.86. The second-order valence-corrected chi connectivity index (χ2v) is 8.85. The van der Waals surface area contributed by atoms with Crippen LogP contribution >= 0.6 is 0 Å². The zero-order valence-corrected chi connectivity index (χ0v) is 19.1. The minimum Gasteiger partial charge on any atom is -0.452 e. The van der Waals surface area contributed by atoms with Crippen LogP contribution in [0.15, 0.2) is 42.6 Å². The van der Waals surface area contributed by atoms with E-state index in [1.807, 2.05) is 62.9 Å². The number of nitrogens with zero attached hydrogens (tertiary/aromatic N) is 4. The zero-order valence-electron chi connectivity index (χ0n) is 19.1. The number of pyridine rings is 1. The number of amides is 1. The van der Waals surface area contributed by atoms with Crippen LogP contribution in [0.4, 0.5) is 0 Å². The highest BCUT2D eigenvalue weighted by atomic mass is 16.5. The molecule has 3 aromatic rings. The number of rotatable bonds is 5. The van der Waals surface area contributed by atoms with E-state index in [-0.39, 0.29) is 30.6 Å². The minimum atomic E-state index is -0.538. The van der Waals surface area contributed by atoms with Crippen molar-refractivity contribution in [1.29, 1.82) is 0 Å². The second-order valence-electron chi connectivity index (χ2n) is 8.85. The Balaban J connectivity index is 1.64. The summed E-state index contributed by atoms with van der Waals surface area (Å²) in [6, 6.07) is 11.8. The molecule has 1 aliphatic rings. The van der Waals surface area contributed by atoms with Gasteiger partial charge in [-0.05, 0) is 53.0 Å². The maximum Gasteiger partial charge on any atom is 0.339 e. The lowest BCUT2D eigenvalue weighted by atomic mass is 9.97. The Labute approximate surface area is 188 Å². The largest absolute Gasteiger partial charge is 0.452 e. The summed E-state index contributed by atoms with van der Waals surface area (Å²) < 4.78 is 7.31. The Kier molecular flexibility index (Phi) is 6.26. The van der Waals surface area contributed by atoms with Gasteiger partial charge in [0.15, 0.2) is 12.3 Å². The van der Waals surface area contributed by atoms with E-state index in [1.165, 1.54) is 0 Å². The number of hydrogen-bond donors (Lipinski definition) is 0. The number of esters is 1. The molecule has 3 heterocycles. The van der Waals surface area contributed by atoms with Gasteiger partial charge in [-0.2, -0.15) is 5.10 Å². The average Bonchev–Trinajstić information content (AvgIpc) is 3.21. The summed E-state index contributed by atoms with van der Waals surface area (Å²) in [5.74, 6) is -0.687. The van der Waals surface area contributed by atoms with Crippen molar-refractivity contribution in [3.8, 4) is 11.3 Å². The summed E-state index contributed by atoms with van der Waals surface area (Å²) in [4.78, 5) is 32.6. The quantitative estimate of drug-likeness (QED) is 0.548. The van der Waals surface area contributed by atoms with Crippen molar-refractivity contribution in [1.82, 2.24) is 19.7 Å². The van der Waals surface area contributed by atoms with Gasteiger partial charge in [-0.3, -0.25) is 4.79 Å². The highest BCUT2D eigenvalue weighted by Crippen LogP contribution is 2.27. The van der Waals surface area contributed by atoms with Gasteiger partial charge in [-0.15, -0.1) is 0 Å². The van der Waals surface area contributed by atoms with Crippen molar-refractivity contribution >= 4 is 22.9 Å². The average molecular weight is 435 g/mol. The normalized spacial score (nSPS) is 18.8. The molecule has 2 atom stereocenters. The first-order valence-electron chi connectivity index (χ1n) is 11.3. The third-order valence-electron chi connectivity index (χ3n) is 6.15. The molecule has 1 saturated heterocycles. The molecular weight excluding hydrogens is 404 g/mol. The van der Waals surface area contributed by atoms with Crippen molar-refractivity contribution < 1.29 is 14.3 Å². The highest BCUT2D eigenvalue weighted by Gasteiger charge is 2.30. The van der Waals surface area contributed by atoms with Crippen LogP contribution in [-0.4, -0.2) is 50.2 Å². The van der Waals surface area contributed by atoms with Crippen LogP contribution < -0.4 is 0 Å². The van der Waals surface area contributed by atoms with Gasteiger partial charge in [0.25, 0.3) is 5.91 Å². The Bertz CT molecular complexity index is 1110. The summed E-state index contributed by atoms with van der Waals surface area (Å²) >= 11 is 0. The predicted octanol–water partition coefficient (Wildman–Crippen LogP) is 4.63. The molecule has 0 radical (unpaired) electrons. The van der Waals surface area contributed by atoms with Crippen LogP contribution in [-0.2, 0) is 9.53 Å². The topological polar surface area (TPSA) is 77.3 Å². The van der Waals surface area contributed by atoms with Crippen molar-refractivity contribution in [3.05, 3.63) is 48.2 Å². The SMILES string of the molecule is CC1CCCC(C)N1C(=O)COC(=O)c1cc(-c2ccccc2)nc2c1cnn2C(C)C. The maximum atomic E-state index is 13.1. The van der Waals surface area contributed by atoms with E-state index >= 15 is 0 Å². The van der Waals surface area contributed by atoms with E-state index in [4.69, 9.17) is 9.72 Å². The van der Waals surface area contributed by atoms with Crippen molar-refractivity contribution in [2.75, 3.05) is 6.61 Å². The zero-order chi connectivity index (χ0) is 22.8. The van der Waals surface area contributed by atoms with Crippen molar-refractivity contribution in [2.24, 2.45) is 0 Å².